The fourth-order valence-electron chi connectivity index (χ4n) is 9.36. The number of carbonyl (C=O) groups excluding carboxylic acids is 3. The first-order valence-electron chi connectivity index (χ1n) is 33.2. The van der Waals surface area contributed by atoms with E-state index in [0.717, 1.165) is 109 Å². The standard InChI is InChI=1S/C72H124O6/c1-4-7-10-13-16-19-22-24-26-28-30-31-32-33-34-35-36-37-38-39-40-41-42-44-45-47-50-53-56-59-62-65-71(74)77-68-69(67-76-70(73)64-61-58-55-52-49-21-18-15-12-9-6-3)78-72(75)66-63-60-57-54-51-48-46-43-29-27-25-23-20-17-14-11-8-5-2/h7,10,16,19-20,23-24,26-27,29-31,33-34,36-37,69H,4-6,8-9,11-15,17-18,21-22,25,28,32,35,38-68H2,1-3H3/b10-7-,19-16-,23-20-,26-24-,29-27-,31-30-,34-33-,37-36-. The van der Waals surface area contributed by atoms with Crippen molar-refractivity contribution in [3.05, 3.63) is 97.2 Å². The largest absolute Gasteiger partial charge is 0.462 e. The van der Waals surface area contributed by atoms with Gasteiger partial charge < -0.3 is 14.2 Å². The average Bonchev–Trinajstić information content (AvgIpc) is 3.44. The van der Waals surface area contributed by atoms with Crippen molar-refractivity contribution >= 4 is 17.9 Å². The van der Waals surface area contributed by atoms with Crippen LogP contribution in [0.3, 0.4) is 0 Å². The molecule has 0 saturated heterocycles. The van der Waals surface area contributed by atoms with E-state index < -0.39 is 6.10 Å². The lowest BCUT2D eigenvalue weighted by molar-refractivity contribution is -0.167. The van der Waals surface area contributed by atoms with Crippen LogP contribution < -0.4 is 0 Å². The van der Waals surface area contributed by atoms with Gasteiger partial charge in [-0.25, -0.2) is 0 Å². The molecule has 0 aliphatic carbocycles. The lowest BCUT2D eigenvalue weighted by Crippen LogP contribution is -2.30. The Morgan fingerprint density at radius 2 is 0.500 bits per heavy atom. The lowest BCUT2D eigenvalue weighted by Gasteiger charge is -2.18. The zero-order valence-electron chi connectivity index (χ0n) is 51.4. The van der Waals surface area contributed by atoms with E-state index in [2.05, 4.69) is 118 Å². The monoisotopic (exact) mass is 1080 g/mol. The summed E-state index contributed by atoms with van der Waals surface area (Å²) in [5, 5.41) is 0. The van der Waals surface area contributed by atoms with Crippen LogP contribution in [0.15, 0.2) is 97.2 Å². The summed E-state index contributed by atoms with van der Waals surface area (Å²) in [7, 11) is 0. The molecule has 0 aromatic rings. The van der Waals surface area contributed by atoms with E-state index >= 15 is 0 Å². The van der Waals surface area contributed by atoms with Crippen LogP contribution in [0.2, 0.25) is 0 Å². The molecule has 0 saturated carbocycles. The average molecular weight is 1090 g/mol. The minimum Gasteiger partial charge on any atom is -0.462 e. The van der Waals surface area contributed by atoms with Crippen LogP contribution >= 0.6 is 0 Å². The molecular weight excluding hydrogens is 961 g/mol. The molecule has 0 N–H and O–H groups in total. The molecule has 0 radical (unpaired) electrons. The van der Waals surface area contributed by atoms with Gasteiger partial charge >= 0.3 is 17.9 Å². The van der Waals surface area contributed by atoms with Gasteiger partial charge in [-0.1, -0.05) is 298 Å². The number of allylic oxidation sites excluding steroid dienone is 16. The van der Waals surface area contributed by atoms with Gasteiger partial charge in [0.2, 0.25) is 0 Å². The summed E-state index contributed by atoms with van der Waals surface area (Å²) < 4.78 is 16.9. The third kappa shape index (κ3) is 63.2. The maximum atomic E-state index is 12.9. The van der Waals surface area contributed by atoms with Gasteiger partial charge in [0.05, 0.1) is 0 Å². The Bertz CT molecular complexity index is 1530. The molecular formula is C72H124O6. The molecule has 0 spiro atoms. The SMILES string of the molecule is CC/C=C\C/C=C\C/C=C\C/C=C\C/C=C\C/C=C\CCCCCCCCCCCCCCC(=O)OCC(COC(=O)CCCCCCCCCCCCC)OC(=O)CCCCCCCCC/C=C\C/C=C\CCCCCC. The summed E-state index contributed by atoms with van der Waals surface area (Å²) in [6.45, 7) is 6.52. The summed E-state index contributed by atoms with van der Waals surface area (Å²) >= 11 is 0. The van der Waals surface area contributed by atoms with Gasteiger partial charge in [-0.3, -0.25) is 14.4 Å². The molecule has 0 heterocycles. The van der Waals surface area contributed by atoms with Crippen LogP contribution in [0.1, 0.15) is 323 Å². The molecule has 1 unspecified atom stereocenters. The van der Waals surface area contributed by atoms with Crippen molar-refractivity contribution in [1.29, 1.82) is 0 Å². The van der Waals surface area contributed by atoms with Gasteiger partial charge in [0, 0.05) is 19.3 Å². The van der Waals surface area contributed by atoms with E-state index in [4.69, 9.17) is 14.2 Å². The summed E-state index contributed by atoms with van der Waals surface area (Å²) in [5.41, 5.74) is 0. The molecule has 0 rings (SSSR count). The quantitative estimate of drug-likeness (QED) is 0.0261. The number of ether oxygens (including phenoxy) is 3. The van der Waals surface area contributed by atoms with Gasteiger partial charge in [-0.05, 0) is 103 Å². The van der Waals surface area contributed by atoms with Crippen LogP contribution in [0.4, 0.5) is 0 Å². The summed E-state index contributed by atoms with van der Waals surface area (Å²) in [5.74, 6) is -0.876. The van der Waals surface area contributed by atoms with Gasteiger partial charge in [0.25, 0.3) is 0 Å². The Kier molecular flexibility index (Phi) is 62.7. The van der Waals surface area contributed by atoms with E-state index in [9.17, 15) is 14.4 Å². The van der Waals surface area contributed by atoms with E-state index in [1.807, 2.05) is 0 Å². The molecule has 1 atom stereocenters. The number of esters is 3. The second kappa shape index (κ2) is 65.8. The van der Waals surface area contributed by atoms with Crippen molar-refractivity contribution in [2.45, 2.75) is 329 Å². The minimum atomic E-state index is -0.781. The van der Waals surface area contributed by atoms with Crippen LogP contribution in [0, 0.1) is 0 Å². The third-order valence-corrected chi connectivity index (χ3v) is 14.3. The zero-order chi connectivity index (χ0) is 56.4. The topological polar surface area (TPSA) is 78.9 Å². The first-order valence-corrected chi connectivity index (χ1v) is 33.2. The second-order valence-electron chi connectivity index (χ2n) is 22.0. The molecule has 0 bridgehead atoms. The van der Waals surface area contributed by atoms with Crippen molar-refractivity contribution < 1.29 is 28.6 Å². The molecule has 0 fully saturated rings. The Hall–Kier alpha value is -3.67. The highest BCUT2D eigenvalue weighted by Gasteiger charge is 2.19. The fourth-order valence-corrected chi connectivity index (χ4v) is 9.36. The van der Waals surface area contributed by atoms with Gasteiger partial charge in [-0.2, -0.15) is 0 Å². The molecule has 6 heteroatoms. The summed E-state index contributed by atoms with van der Waals surface area (Å²) in [4.78, 5) is 38.3. The first-order chi connectivity index (χ1) is 38.5. The van der Waals surface area contributed by atoms with Crippen molar-refractivity contribution in [1.82, 2.24) is 0 Å². The van der Waals surface area contributed by atoms with E-state index in [1.165, 1.54) is 173 Å². The molecule has 6 nitrogen and oxygen atoms in total. The lowest BCUT2D eigenvalue weighted by atomic mass is 10.0. The van der Waals surface area contributed by atoms with Crippen LogP contribution in [-0.4, -0.2) is 37.2 Å². The molecule has 0 aliphatic heterocycles. The predicted octanol–water partition coefficient (Wildman–Crippen LogP) is 22.8. The number of carbonyl (C=O) groups is 3. The summed E-state index contributed by atoms with van der Waals surface area (Å²) in [6.07, 6.45) is 88.5. The van der Waals surface area contributed by atoms with E-state index in [-0.39, 0.29) is 31.1 Å². The Labute approximate surface area is 483 Å². The van der Waals surface area contributed by atoms with Crippen LogP contribution in [0.5, 0.6) is 0 Å². The van der Waals surface area contributed by atoms with Crippen molar-refractivity contribution in [3.63, 3.8) is 0 Å². The smallest absolute Gasteiger partial charge is 0.306 e. The predicted molar refractivity (Wildman–Crippen MR) is 339 cm³/mol. The first kappa shape index (κ1) is 74.3. The van der Waals surface area contributed by atoms with Crippen molar-refractivity contribution in [3.8, 4) is 0 Å². The highest BCUT2D eigenvalue weighted by molar-refractivity contribution is 5.71. The fraction of sp³-hybridized carbons (Fsp3) is 0.736. The van der Waals surface area contributed by atoms with Gasteiger partial charge in [0.1, 0.15) is 13.2 Å². The van der Waals surface area contributed by atoms with Crippen LogP contribution in [0.25, 0.3) is 0 Å². The van der Waals surface area contributed by atoms with E-state index in [0.29, 0.717) is 19.3 Å². The number of unbranched alkanes of at least 4 members (excludes halogenated alkanes) is 33. The van der Waals surface area contributed by atoms with Gasteiger partial charge in [0.15, 0.2) is 6.10 Å². The molecule has 0 aliphatic rings. The highest BCUT2D eigenvalue weighted by atomic mass is 16.6. The number of rotatable bonds is 60. The molecule has 0 amide bonds. The normalized spacial score (nSPS) is 12.7. The van der Waals surface area contributed by atoms with Gasteiger partial charge in [-0.15, -0.1) is 0 Å². The van der Waals surface area contributed by atoms with Crippen molar-refractivity contribution in [2.24, 2.45) is 0 Å². The minimum absolute atomic E-state index is 0.0774. The van der Waals surface area contributed by atoms with E-state index in [1.54, 1.807) is 0 Å². The summed E-state index contributed by atoms with van der Waals surface area (Å²) in [6, 6.07) is 0. The maximum Gasteiger partial charge on any atom is 0.306 e. The molecule has 0 aromatic carbocycles. The molecule has 448 valence electrons. The number of hydrogen-bond acceptors (Lipinski definition) is 6. The third-order valence-electron chi connectivity index (χ3n) is 14.3. The Morgan fingerprint density at radius 1 is 0.269 bits per heavy atom. The second-order valence-corrected chi connectivity index (χ2v) is 22.0. The highest BCUT2D eigenvalue weighted by Crippen LogP contribution is 2.16. The zero-order valence-corrected chi connectivity index (χ0v) is 51.4. The number of hydrogen-bond donors (Lipinski definition) is 0. The van der Waals surface area contributed by atoms with Crippen LogP contribution in [-0.2, 0) is 28.6 Å². The molecule has 0 aromatic heterocycles. The van der Waals surface area contributed by atoms with Crippen molar-refractivity contribution in [2.75, 3.05) is 13.2 Å². The Balaban J connectivity index is 4.22. The Morgan fingerprint density at radius 3 is 0.795 bits per heavy atom. The maximum absolute atomic E-state index is 12.9. The molecule has 78 heavy (non-hydrogen) atoms.